The molecule has 1 aliphatic rings. The van der Waals surface area contributed by atoms with Crippen LogP contribution < -0.4 is 5.32 Å². The molecule has 8 heavy (non-hydrogen) atoms. The summed E-state index contributed by atoms with van der Waals surface area (Å²) in [6, 6.07) is 0. The molecule has 0 aromatic rings. The molecule has 3 heteroatoms. The van der Waals surface area contributed by atoms with Crippen LogP contribution in [0.5, 0.6) is 0 Å². The second-order valence-electron chi connectivity index (χ2n) is 1.47. The first-order chi connectivity index (χ1) is 3.83. The van der Waals surface area contributed by atoms with Crippen molar-refractivity contribution in [2.75, 3.05) is 13.7 Å². The Bertz CT molecular complexity index is 139. The SMILES string of the molecule is COC1=CC(=O)[N]C1. The lowest BCUT2D eigenvalue weighted by Gasteiger charge is -1.92. The Hall–Kier alpha value is -0.990. The molecular formula is C5H6NO2. The lowest BCUT2D eigenvalue weighted by Crippen LogP contribution is -2.05. The number of carbonyl (C=O) groups is 1. The van der Waals surface area contributed by atoms with E-state index < -0.39 is 0 Å². The minimum absolute atomic E-state index is 0.193. The lowest BCUT2D eigenvalue weighted by atomic mass is 10.5. The standard InChI is InChI=1S/C5H6NO2/c1-8-4-2-5(7)6-3-4/h2H,3H2,1H3. The van der Waals surface area contributed by atoms with Gasteiger partial charge in [0.25, 0.3) is 5.91 Å². The van der Waals surface area contributed by atoms with Crippen molar-refractivity contribution in [1.82, 2.24) is 5.32 Å². The Labute approximate surface area is 47.3 Å². The van der Waals surface area contributed by atoms with Gasteiger partial charge in [-0.25, -0.2) is 5.32 Å². The highest BCUT2D eigenvalue weighted by Gasteiger charge is 2.11. The van der Waals surface area contributed by atoms with Crippen molar-refractivity contribution >= 4 is 5.91 Å². The van der Waals surface area contributed by atoms with Crippen LogP contribution >= 0.6 is 0 Å². The molecule has 1 rings (SSSR count). The zero-order valence-electron chi connectivity index (χ0n) is 4.55. The molecule has 0 spiro atoms. The topological polar surface area (TPSA) is 40.4 Å². The summed E-state index contributed by atoms with van der Waals surface area (Å²) in [5.74, 6) is 0.455. The van der Waals surface area contributed by atoms with Crippen molar-refractivity contribution < 1.29 is 9.53 Å². The maximum Gasteiger partial charge on any atom is 0.269 e. The summed E-state index contributed by atoms with van der Waals surface area (Å²) >= 11 is 0. The highest BCUT2D eigenvalue weighted by atomic mass is 16.5. The molecule has 1 heterocycles. The van der Waals surface area contributed by atoms with E-state index in [1.807, 2.05) is 0 Å². The second kappa shape index (κ2) is 1.86. The zero-order valence-corrected chi connectivity index (χ0v) is 4.55. The minimum atomic E-state index is -0.193. The number of amides is 1. The van der Waals surface area contributed by atoms with Crippen molar-refractivity contribution in [1.29, 1.82) is 0 Å². The number of hydrogen-bond donors (Lipinski definition) is 0. The minimum Gasteiger partial charge on any atom is -0.499 e. The third kappa shape index (κ3) is 0.804. The van der Waals surface area contributed by atoms with E-state index in [0.717, 1.165) is 0 Å². The van der Waals surface area contributed by atoms with E-state index in [9.17, 15) is 4.79 Å². The lowest BCUT2D eigenvalue weighted by molar-refractivity contribution is -0.116. The summed E-state index contributed by atoms with van der Waals surface area (Å²) in [6.07, 6.45) is 1.39. The maximum absolute atomic E-state index is 10.3. The van der Waals surface area contributed by atoms with Crippen molar-refractivity contribution in [3.63, 3.8) is 0 Å². The fourth-order valence-electron chi connectivity index (χ4n) is 0.508. The number of methoxy groups -OCH3 is 1. The van der Waals surface area contributed by atoms with Crippen LogP contribution in [0.3, 0.4) is 0 Å². The monoisotopic (exact) mass is 112 g/mol. The molecular weight excluding hydrogens is 106 g/mol. The van der Waals surface area contributed by atoms with Gasteiger partial charge in [0.1, 0.15) is 12.3 Å². The van der Waals surface area contributed by atoms with Crippen molar-refractivity contribution in [2.24, 2.45) is 0 Å². The van der Waals surface area contributed by atoms with Crippen LogP contribution in [0.4, 0.5) is 0 Å². The molecule has 0 aromatic heterocycles. The highest BCUT2D eigenvalue weighted by Crippen LogP contribution is 1.99. The van der Waals surface area contributed by atoms with Gasteiger partial charge in [-0.1, -0.05) is 0 Å². The molecule has 1 aliphatic heterocycles. The van der Waals surface area contributed by atoms with Crippen LogP contribution in [-0.2, 0) is 9.53 Å². The van der Waals surface area contributed by atoms with Gasteiger partial charge in [0.15, 0.2) is 0 Å². The molecule has 0 N–H and O–H groups in total. The third-order valence-corrected chi connectivity index (χ3v) is 0.937. The molecule has 0 aromatic carbocycles. The molecule has 0 atom stereocenters. The molecule has 0 bridgehead atoms. The second-order valence-corrected chi connectivity index (χ2v) is 1.47. The quantitative estimate of drug-likeness (QED) is 0.465. The number of carbonyl (C=O) groups excluding carboxylic acids is 1. The molecule has 1 amide bonds. The van der Waals surface area contributed by atoms with Gasteiger partial charge in [-0.15, -0.1) is 0 Å². The van der Waals surface area contributed by atoms with Gasteiger partial charge in [-0.05, 0) is 0 Å². The largest absolute Gasteiger partial charge is 0.499 e. The fraction of sp³-hybridized carbons (Fsp3) is 0.400. The van der Waals surface area contributed by atoms with E-state index >= 15 is 0 Å². The molecule has 1 radical (unpaired) electrons. The summed E-state index contributed by atoms with van der Waals surface area (Å²) in [5.41, 5.74) is 0. The van der Waals surface area contributed by atoms with Crippen LogP contribution in [0, 0.1) is 0 Å². The van der Waals surface area contributed by atoms with Gasteiger partial charge < -0.3 is 4.74 Å². The van der Waals surface area contributed by atoms with E-state index in [-0.39, 0.29) is 5.91 Å². The van der Waals surface area contributed by atoms with Crippen molar-refractivity contribution in [2.45, 2.75) is 0 Å². The smallest absolute Gasteiger partial charge is 0.269 e. The van der Waals surface area contributed by atoms with Gasteiger partial charge >= 0.3 is 0 Å². The first kappa shape index (κ1) is 5.15. The number of hydrogen-bond acceptors (Lipinski definition) is 2. The summed E-state index contributed by atoms with van der Waals surface area (Å²) < 4.78 is 4.73. The highest BCUT2D eigenvalue weighted by molar-refractivity contribution is 5.90. The molecule has 0 saturated heterocycles. The zero-order chi connectivity index (χ0) is 5.98. The van der Waals surface area contributed by atoms with Crippen molar-refractivity contribution in [3.05, 3.63) is 11.8 Å². The first-order valence-electron chi connectivity index (χ1n) is 2.29. The van der Waals surface area contributed by atoms with E-state index in [4.69, 9.17) is 4.74 Å². The summed E-state index contributed by atoms with van der Waals surface area (Å²) in [6.45, 7) is 0.412. The van der Waals surface area contributed by atoms with Gasteiger partial charge in [-0.2, -0.15) is 0 Å². The Morgan fingerprint density at radius 2 is 2.62 bits per heavy atom. The number of rotatable bonds is 1. The van der Waals surface area contributed by atoms with Crippen molar-refractivity contribution in [3.8, 4) is 0 Å². The summed E-state index contributed by atoms with van der Waals surface area (Å²) in [5, 5.41) is 3.53. The van der Waals surface area contributed by atoms with Crippen LogP contribution in [0.25, 0.3) is 0 Å². The normalized spacial score (nSPS) is 17.6. The van der Waals surface area contributed by atoms with Crippen LogP contribution in [0.15, 0.2) is 11.8 Å². The molecule has 0 fully saturated rings. The van der Waals surface area contributed by atoms with E-state index in [1.54, 1.807) is 0 Å². The Kier molecular flexibility index (Phi) is 1.20. The van der Waals surface area contributed by atoms with E-state index in [0.29, 0.717) is 12.3 Å². The third-order valence-electron chi connectivity index (χ3n) is 0.937. The van der Waals surface area contributed by atoms with E-state index in [1.165, 1.54) is 13.2 Å². The van der Waals surface area contributed by atoms with Crippen LogP contribution in [0.1, 0.15) is 0 Å². The number of nitrogens with zero attached hydrogens (tertiary/aromatic N) is 1. The maximum atomic E-state index is 10.3. The molecule has 0 saturated carbocycles. The first-order valence-corrected chi connectivity index (χ1v) is 2.29. The Morgan fingerprint density at radius 3 is 2.88 bits per heavy atom. The number of ether oxygens (including phenoxy) is 1. The molecule has 43 valence electrons. The van der Waals surface area contributed by atoms with Gasteiger partial charge in [0.05, 0.1) is 7.11 Å². The van der Waals surface area contributed by atoms with Crippen LogP contribution in [-0.4, -0.2) is 19.6 Å². The molecule has 0 aliphatic carbocycles. The average Bonchev–Trinajstić information content (AvgIpc) is 2.14. The average molecular weight is 112 g/mol. The van der Waals surface area contributed by atoms with Gasteiger partial charge in [0, 0.05) is 6.08 Å². The Balaban J connectivity index is 2.57. The fourth-order valence-corrected chi connectivity index (χ4v) is 0.508. The Morgan fingerprint density at radius 1 is 1.88 bits per heavy atom. The molecule has 0 unspecified atom stereocenters. The predicted octanol–water partition coefficient (Wildman–Crippen LogP) is -0.339. The van der Waals surface area contributed by atoms with E-state index in [2.05, 4.69) is 5.32 Å². The predicted molar refractivity (Wildman–Crippen MR) is 27.1 cm³/mol. The van der Waals surface area contributed by atoms with Gasteiger partial charge in [0.2, 0.25) is 0 Å². The summed E-state index contributed by atoms with van der Waals surface area (Å²) in [7, 11) is 1.53. The van der Waals surface area contributed by atoms with Crippen LogP contribution in [0.2, 0.25) is 0 Å². The summed E-state index contributed by atoms with van der Waals surface area (Å²) in [4.78, 5) is 10.3. The van der Waals surface area contributed by atoms with Gasteiger partial charge in [-0.3, -0.25) is 4.79 Å². The molecule has 3 nitrogen and oxygen atoms in total.